The highest BCUT2D eigenvalue weighted by Gasteiger charge is 2.47. The molecule has 33 nitrogen and oxygen atoms in total. The van der Waals surface area contributed by atoms with Crippen LogP contribution in [-0.2, 0) is 92.5 Å². The zero-order valence-electron chi connectivity index (χ0n) is 82.3. The van der Waals surface area contributed by atoms with E-state index in [1.165, 1.54) is 92.6 Å². The van der Waals surface area contributed by atoms with E-state index in [-0.39, 0.29) is 90.0 Å². The average Bonchev–Trinajstić information content (AvgIpc) is 1.53. The number of benzene rings is 8. The zero-order valence-corrected chi connectivity index (χ0v) is 83.1. The third-order valence-electron chi connectivity index (χ3n) is 24.8. The third kappa shape index (κ3) is 32.3. The fraction of sp³-hybridized carbons (Fsp3) is 0.415. The van der Waals surface area contributed by atoms with Gasteiger partial charge in [0.25, 0.3) is 32.9 Å². The van der Waals surface area contributed by atoms with Crippen molar-refractivity contribution < 1.29 is 104 Å². The molecule has 0 fully saturated rings. The molecule has 0 aliphatic carbocycles. The molecule has 4 N–H and O–H groups in total. The molecule has 0 bridgehead atoms. The highest BCUT2D eigenvalue weighted by Crippen LogP contribution is 2.49. The second kappa shape index (κ2) is 53.5. The van der Waals surface area contributed by atoms with E-state index in [4.69, 9.17) is 48.1 Å². The smallest absolute Gasteiger partial charge is 0.303 e. The minimum absolute atomic E-state index is 0.00516. The number of anilines is 2. The first-order chi connectivity index (χ1) is 66.7. The monoisotopic (exact) mass is 1950 g/mol. The second-order valence-corrected chi connectivity index (χ2v) is 37.7. The van der Waals surface area contributed by atoms with Crippen molar-refractivity contribution in [1.29, 1.82) is 0 Å². The summed E-state index contributed by atoms with van der Waals surface area (Å²) >= 11 is 0. The molecule has 748 valence electrons. The third-order valence-corrected chi connectivity index (χ3v) is 25.6. The average molecular weight is 1950 g/mol. The quantitative estimate of drug-likeness (QED) is 0.00402. The maximum absolute atomic E-state index is 12.1. The predicted molar refractivity (Wildman–Crippen MR) is 541 cm³/mol. The van der Waals surface area contributed by atoms with Crippen molar-refractivity contribution in [2.75, 3.05) is 122 Å². The van der Waals surface area contributed by atoms with Gasteiger partial charge in [-0.3, -0.25) is 59.6 Å². The van der Waals surface area contributed by atoms with E-state index in [0.717, 1.165) is 97.0 Å². The molecular weight excluding hydrogens is 1810 g/mol. The largest absolute Gasteiger partial charge is 0.481 e. The Morgan fingerprint density at radius 2 is 0.864 bits per heavy atom. The van der Waals surface area contributed by atoms with E-state index >= 15 is 0 Å². The Morgan fingerprint density at radius 3 is 1.36 bits per heavy atom. The Labute approximate surface area is 819 Å². The van der Waals surface area contributed by atoms with Gasteiger partial charge in [0.15, 0.2) is 23.7 Å². The van der Waals surface area contributed by atoms with Gasteiger partial charge in [-0.25, -0.2) is 0 Å². The number of nitrogens with zero attached hydrogens (tertiary/aromatic N) is 9. The van der Waals surface area contributed by atoms with Gasteiger partial charge in [-0.05, 0) is 171 Å². The van der Waals surface area contributed by atoms with Crippen molar-refractivity contribution in [3.05, 3.63) is 309 Å². The minimum Gasteiger partial charge on any atom is -0.481 e. The van der Waals surface area contributed by atoms with Crippen LogP contribution in [0.25, 0.3) is 0 Å². The van der Waals surface area contributed by atoms with E-state index in [2.05, 4.69) is 166 Å². The maximum atomic E-state index is 12.1. The molecule has 0 saturated carbocycles. The zero-order chi connectivity index (χ0) is 102. The van der Waals surface area contributed by atoms with Crippen molar-refractivity contribution in [1.82, 2.24) is 0 Å². The lowest BCUT2D eigenvalue weighted by Crippen LogP contribution is -2.29. The van der Waals surface area contributed by atoms with Crippen LogP contribution in [0.15, 0.2) is 228 Å². The van der Waals surface area contributed by atoms with Gasteiger partial charge >= 0.3 is 11.9 Å². The number of hydrogen-bond donors (Lipinski definition) is 4. The normalized spacial score (nSPS) is 14.9. The van der Waals surface area contributed by atoms with E-state index in [9.17, 15) is 63.0 Å². The molecule has 4 heterocycles. The number of nitro benzene ring substituents is 4. The lowest BCUT2D eigenvalue weighted by atomic mass is 9.81. The van der Waals surface area contributed by atoms with E-state index < -0.39 is 47.2 Å². The number of carbonyl (C=O) groups is 2. The Bertz CT molecular complexity index is 5940. The molecule has 4 aliphatic heterocycles. The van der Waals surface area contributed by atoms with Crippen LogP contribution in [0.3, 0.4) is 0 Å². The summed E-state index contributed by atoms with van der Waals surface area (Å²) in [5.74, 6) is -1.52. The number of carboxylic acids is 2. The van der Waals surface area contributed by atoms with E-state index in [0.29, 0.717) is 96.7 Å². The predicted octanol–water partition coefficient (Wildman–Crippen LogP) is 20.6. The van der Waals surface area contributed by atoms with Gasteiger partial charge in [0, 0.05) is 146 Å². The number of unbranched alkanes of at least 4 members (excludes halogenated alkanes) is 4. The summed E-state index contributed by atoms with van der Waals surface area (Å²) in [7, 11) is -4.40. The molecule has 0 spiro atoms. The summed E-state index contributed by atoms with van der Waals surface area (Å²) < 4.78 is 85.3. The van der Waals surface area contributed by atoms with Gasteiger partial charge in [-0.2, -0.15) is 22.1 Å². The summed E-state index contributed by atoms with van der Waals surface area (Å²) in [5.41, 5.74) is 18.2. The standard InChI is InChI=1S/C47H58N4O13S.C26H34N3O8.C18H25NO2.C15H14N2/c1-34-15-17-41-39(28-34)46(2,3)44(49(41)20-21-61-22-23-62-24-25-63-26-27-64-33-35-29-36(50(54)55)31-37(30-35)51(56)57)13-9-6-8-12-43-47(4,5)40-32-38(65(58,59)60)16-18-42(40)48(43)19-11-7-10-14-45(52)53;1-19-5-6-25-24(13-19)26(3,4)20(2)27(25)7-8-34-9-10-35-11-12-36-18-37-17-21-14-22(28(30)31)16-23(15-21)29(32)33;1-13-9-10-16-15(12-13)18(3,4)14(2)19(16)11-7-5-6-8-17(20)21;1-3-8-14(9-4-1)16-12-7-13-17-15-10-5-2-6-11-15/h6,8-9,12-13,15-18,28-32H,7,10-11,14,19-27,33H2,1-5H3,(H-,52,53,58,59,60);5-6,13-16H,7-12,17-18H2,1-4H3;9-10,12H,5-8,11H2,1-4H3;1-13,16H/q;+1;;/p+2/b;;;12-7+,17-13?. The summed E-state index contributed by atoms with van der Waals surface area (Å²) in [4.78, 5) is 69.3. The number of aliphatic imine (C=N–C) groups is 1. The Kier molecular flexibility index (Phi) is 42.3. The van der Waals surface area contributed by atoms with Gasteiger partial charge in [0.05, 0.1) is 145 Å². The van der Waals surface area contributed by atoms with E-state index in [1.54, 1.807) is 12.3 Å². The number of aryl methyl sites for hydroxylation is 3. The molecule has 34 heteroatoms. The van der Waals surface area contributed by atoms with Crippen molar-refractivity contribution in [2.45, 2.75) is 181 Å². The minimum atomic E-state index is -4.40. The van der Waals surface area contributed by atoms with Crippen LogP contribution in [0, 0.1) is 61.2 Å². The van der Waals surface area contributed by atoms with Crippen molar-refractivity contribution in [3.8, 4) is 0 Å². The summed E-state index contributed by atoms with van der Waals surface area (Å²) in [6, 6.07) is 51.0. The Hall–Kier alpha value is -12.9. The molecular formula is C106H133N10O23S+3. The van der Waals surface area contributed by atoms with Crippen LogP contribution in [0.1, 0.15) is 171 Å². The molecule has 0 aromatic heterocycles. The molecule has 8 aromatic rings. The topological polar surface area (TPSA) is 412 Å². The number of para-hydroxylation sites is 2. The fourth-order valence-corrected chi connectivity index (χ4v) is 17.3. The number of hydrogen-bond acceptors (Lipinski definition) is 23. The SMILES string of the molecule is C(/C=C/Nc1ccccc1)=Nc1ccccc1.CC1=[N+](CCCCCC(=O)O)c2ccc(C)cc2C1(C)C.CC1=[N+](CCOCCOCCOCOCc2cc([N+](=O)[O-])cc([N+](=O)[O-])c2)c2ccc(C)cc2C1(C)C.Cc1ccc2c(c1)C(C)(C)C(=CC=CC=CC1=[N+](CCCCCC(=O)O)c3ccc(S(=O)(=O)O)cc3C1(C)C)N2CCOCCOCCOCCOCc1cc([N+](=O)[O-])cc([N+](=O)[O-])c1. The van der Waals surface area contributed by atoms with Crippen LogP contribution in [0.4, 0.5) is 56.9 Å². The van der Waals surface area contributed by atoms with Crippen molar-refractivity contribution in [3.63, 3.8) is 0 Å². The number of non-ortho nitro benzene ring substituents is 4. The summed E-state index contributed by atoms with van der Waals surface area (Å²) in [5, 5.41) is 65.0. The highest BCUT2D eigenvalue weighted by molar-refractivity contribution is 7.85. The Balaban J connectivity index is 0.000000241. The van der Waals surface area contributed by atoms with Gasteiger partial charge < -0.3 is 58.3 Å². The van der Waals surface area contributed by atoms with Gasteiger partial charge in [0.1, 0.15) is 26.5 Å². The first-order valence-electron chi connectivity index (χ1n) is 46.9. The lowest BCUT2D eigenvalue weighted by molar-refractivity contribution is -0.443. The van der Waals surface area contributed by atoms with Crippen LogP contribution >= 0.6 is 0 Å². The van der Waals surface area contributed by atoms with Crippen LogP contribution < -0.4 is 10.2 Å². The van der Waals surface area contributed by atoms with Crippen LogP contribution in [0.2, 0.25) is 0 Å². The second-order valence-electron chi connectivity index (χ2n) is 36.3. The summed E-state index contributed by atoms with van der Waals surface area (Å²) in [6.07, 6.45) is 20.8. The molecule has 0 atom stereocenters. The number of ether oxygens (including phenoxy) is 8. The molecule has 12 rings (SSSR count). The van der Waals surface area contributed by atoms with E-state index in [1.807, 2.05) is 111 Å². The maximum Gasteiger partial charge on any atom is 0.303 e. The molecule has 0 radical (unpaired) electrons. The molecule has 0 amide bonds. The fourth-order valence-electron chi connectivity index (χ4n) is 16.8. The number of allylic oxidation sites excluding steroid dienone is 7. The van der Waals surface area contributed by atoms with Gasteiger partial charge in [-0.1, -0.05) is 109 Å². The molecule has 4 aliphatic rings. The van der Waals surface area contributed by atoms with Crippen molar-refractivity contribution >= 4 is 102 Å². The lowest BCUT2D eigenvalue weighted by Gasteiger charge is -2.27. The molecule has 8 aromatic carbocycles. The Morgan fingerprint density at radius 1 is 0.436 bits per heavy atom. The first-order valence-corrected chi connectivity index (χ1v) is 48.3. The number of nitro groups is 4. The number of fused-ring (bicyclic) bond motifs is 4. The number of aliphatic carboxylic acids is 2. The number of rotatable bonds is 51. The van der Waals surface area contributed by atoms with Gasteiger partial charge in [0.2, 0.25) is 17.1 Å². The highest BCUT2D eigenvalue weighted by atomic mass is 32.2. The first kappa shape index (κ1) is 111. The molecule has 0 saturated heterocycles. The van der Waals surface area contributed by atoms with Crippen LogP contribution in [-0.4, -0.2) is 204 Å². The molecule has 0 unspecified atom stereocenters. The number of nitrogens with one attached hydrogen (secondary N) is 1. The number of carboxylic acid groups (broad SMARTS) is 2. The van der Waals surface area contributed by atoms with Gasteiger partial charge in [-0.15, -0.1) is 0 Å². The van der Waals surface area contributed by atoms with Crippen LogP contribution in [0.5, 0.6) is 0 Å². The van der Waals surface area contributed by atoms with Crippen molar-refractivity contribution in [2.24, 2.45) is 4.99 Å². The summed E-state index contributed by atoms with van der Waals surface area (Å²) in [6.45, 7) is 35.5. The molecule has 140 heavy (non-hydrogen) atoms.